The number of nitrogens with zero attached hydrogens (tertiary/aromatic N) is 1. The van der Waals surface area contributed by atoms with E-state index in [4.69, 9.17) is 19.9 Å². The van der Waals surface area contributed by atoms with Crippen LogP contribution in [0.15, 0.2) is 24.4 Å². The standard InChI is InChI=1S/C22H27F2N3O5.C2H6/c1-12(2)8-22(3,25)11-31-16-6-5-14-15-7-17(27-21(28)29-4)26-9-13(15)10-30-18(14)19(16)32-20(23)24;1-2/h5-7,9,12,20H,8,10-11,25H2,1-4H3,(H,26,27,28);1-2H3. The highest BCUT2D eigenvalue weighted by molar-refractivity contribution is 5.86. The average Bonchev–Trinajstić information content (AvgIpc) is 2.78. The van der Waals surface area contributed by atoms with Gasteiger partial charge in [-0.25, -0.2) is 9.78 Å². The summed E-state index contributed by atoms with van der Waals surface area (Å²) in [5.74, 6) is 0.605. The van der Waals surface area contributed by atoms with E-state index in [-0.39, 0.29) is 36.3 Å². The molecule has 1 aliphatic rings. The molecule has 2 aromatic rings. The van der Waals surface area contributed by atoms with Gasteiger partial charge in [0.15, 0.2) is 11.5 Å². The van der Waals surface area contributed by atoms with E-state index in [0.29, 0.717) is 23.5 Å². The number of pyridine rings is 1. The Balaban J connectivity index is 0.00000199. The van der Waals surface area contributed by atoms with Crippen molar-refractivity contribution in [1.82, 2.24) is 4.98 Å². The van der Waals surface area contributed by atoms with E-state index in [1.807, 2.05) is 34.6 Å². The van der Waals surface area contributed by atoms with Gasteiger partial charge in [-0.15, -0.1) is 0 Å². The summed E-state index contributed by atoms with van der Waals surface area (Å²) in [7, 11) is 1.24. The highest BCUT2D eigenvalue weighted by Gasteiger charge is 2.28. The van der Waals surface area contributed by atoms with Crippen LogP contribution in [0.25, 0.3) is 11.1 Å². The van der Waals surface area contributed by atoms with Crippen LogP contribution in [0.5, 0.6) is 17.2 Å². The molecule has 0 radical (unpaired) electrons. The maximum atomic E-state index is 13.2. The number of carbonyl (C=O) groups is 1. The number of ether oxygens (including phenoxy) is 4. The molecule has 1 unspecified atom stereocenters. The summed E-state index contributed by atoms with van der Waals surface area (Å²) in [6.45, 7) is 7.03. The van der Waals surface area contributed by atoms with Gasteiger partial charge < -0.3 is 24.7 Å². The van der Waals surface area contributed by atoms with Crippen molar-refractivity contribution in [3.8, 4) is 28.4 Å². The second-order valence-corrected chi connectivity index (χ2v) is 8.32. The van der Waals surface area contributed by atoms with E-state index in [1.165, 1.54) is 19.4 Å². The number of hydrogen-bond donors (Lipinski definition) is 2. The van der Waals surface area contributed by atoms with Gasteiger partial charge in [-0.1, -0.05) is 27.7 Å². The van der Waals surface area contributed by atoms with Crippen LogP contribution in [-0.4, -0.2) is 36.9 Å². The minimum atomic E-state index is -3.08. The molecule has 0 spiro atoms. The zero-order valence-electron chi connectivity index (χ0n) is 20.4. The highest BCUT2D eigenvalue weighted by Crippen LogP contribution is 2.49. The summed E-state index contributed by atoms with van der Waals surface area (Å²) in [5.41, 5.74) is 7.51. The summed E-state index contributed by atoms with van der Waals surface area (Å²) in [6, 6.07) is 4.83. The lowest BCUT2D eigenvalue weighted by Crippen LogP contribution is -2.43. The van der Waals surface area contributed by atoms with Gasteiger partial charge in [0, 0.05) is 22.9 Å². The third-order valence-electron chi connectivity index (χ3n) is 4.78. The molecule has 1 aromatic carbocycles. The molecule has 0 bridgehead atoms. The molecule has 1 aliphatic heterocycles. The molecule has 0 saturated heterocycles. The van der Waals surface area contributed by atoms with Crippen molar-refractivity contribution in [2.45, 2.75) is 59.8 Å². The minimum Gasteiger partial charge on any atom is -0.488 e. The van der Waals surface area contributed by atoms with Crippen molar-refractivity contribution < 1.29 is 32.5 Å². The van der Waals surface area contributed by atoms with E-state index in [2.05, 4.69) is 15.0 Å². The fourth-order valence-corrected chi connectivity index (χ4v) is 3.67. The quantitative estimate of drug-likeness (QED) is 0.506. The Bertz CT molecular complexity index is 983. The zero-order valence-corrected chi connectivity index (χ0v) is 20.4. The molecular weight excluding hydrogens is 448 g/mol. The number of carbonyl (C=O) groups excluding carboxylic acids is 1. The smallest absolute Gasteiger partial charge is 0.412 e. The van der Waals surface area contributed by atoms with Crippen LogP contribution in [0.2, 0.25) is 0 Å². The van der Waals surface area contributed by atoms with Crippen LogP contribution in [-0.2, 0) is 11.3 Å². The van der Waals surface area contributed by atoms with Crippen LogP contribution in [0.1, 0.15) is 46.6 Å². The number of fused-ring (bicyclic) bond motifs is 3. The zero-order chi connectivity index (χ0) is 25.5. The Labute approximate surface area is 198 Å². The van der Waals surface area contributed by atoms with Gasteiger partial charge >= 0.3 is 12.7 Å². The van der Waals surface area contributed by atoms with Crippen molar-refractivity contribution >= 4 is 11.9 Å². The SMILES string of the molecule is CC.COC(=O)Nc1cc2c(cn1)COc1c-2ccc(OCC(C)(N)CC(C)C)c1OC(F)F. The van der Waals surface area contributed by atoms with Crippen molar-refractivity contribution in [3.63, 3.8) is 0 Å². The van der Waals surface area contributed by atoms with Gasteiger partial charge in [0.1, 0.15) is 19.0 Å². The van der Waals surface area contributed by atoms with Crippen LogP contribution in [0.3, 0.4) is 0 Å². The molecule has 1 atom stereocenters. The Kier molecular flexibility index (Phi) is 9.43. The van der Waals surface area contributed by atoms with E-state index < -0.39 is 18.2 Å². The van der Waals surface area contributed by atoms with E-state index in [0.717, 1.165) is 5.56 Å². The predicted octanol–water partition coefficient (Wildman–Crippen LogP) is 5.59. The van der Waals surface area contributed by atoms with Gasteiger partial charge in [0.2, 0.25) is 5.75 Å². The van der Waals surface area contributed by atoms with Crippen molar-refractivity contribution in [2.24, 2.45) is 11.7 Å². The molecule has 10 heteroatoms. The number of anilines is 1. The lowest BCUT2D eigenvalue weighted by atomic mass is 9.93. The highest BCUT2D eigenvalue weighted by atomic mass is 19.3. The van der Waals surface area contributed by atoms with E-state index in [9.17, 15) is 13.6 Å². The number of rotatable bonds is 8. The fraction of sp³-hybridized carbons (Fsp3) is 0.500. The monoisotopic (exact) mass is 481 g/mol. The summed E-state index contributed by atoms with van der Waals surface area (Å²) in [6.07, 6.45) is 1.55. The van der Waals surface area contributed by atoms with Crippen LogP contribution >= 0.6 is 0 Å². The number of hydrogen-bond acceptors (Lipinski definition) is 7. The van der Waals surface area contributed by atoms with Crippen molar-refractivity contribution in [1.29, 1.82) is 0 Å². The molecular formula is C24H33F2N3O5. The van der Waals surface area contributed by atoms with Gasteiger partial charge in [0.05, 0.1) is 7.11 Å². The first kappa shape index (κ1) is 27.1. The molecule has 3 N–H and O–H groups in total. The first-order valence-electron chi connectivity index (χ1n) is 11.1. The summed E-state index contributed by atoms with van der Waals surface area (Å²) in [4.78, 5) is 15.6. The van der Waals surface area contributed by atoms with Crippen molar-refractivity contribution in [3.05, 3.63) is 30.0 Å². The molecule has 8 nitrogen and oxygen atoms in total. The molecule has 2 heterocycles. The predicted molar refractivity (Wildman–Crippen MR) is 126 cm³/mol. The summed E-state index contributed by atoms with van der Waals surface area (Å²) >= 11 is 0. The van der Waals surface area contributed by atoms with E-state index in [1.54, 1.807) is 12.1 Å². The molecule has 188 valence electrons. The molecule has 1 amide bonds. The Morgan fingerprint density at radius 1 is 1.29 bits per heavy atom. The largest absolute Gasteiger partial charge is 0.488 e. The molecule has 0 saturated carbocycles. The molecule has 34 heavy (non-hydrogen) atoms. The number of methoxy groups -OCH3 is 1. The van der Waals surface area contributed by atoms with Gasteiger partial charge in [-0.05, 0) is 43.0 Å². The van der Waals surface area contributed by atoms with Gasteiger partial charge in [-0.3, -0.25) is 5.32 Å². The number of nitrogens with one attached hydrogen (secondary N) is 1. The fourth-order valence-electron chi connectivity index (χ4n) is 3.67. The number of amides is 1. The number of aromatic nitrogens is 1. The Morgan fingerprint density at radius 3 is 2.62 bits per heavy atom. The number of nitrogens with two attached hydrogens (primary N) is 1. The van der Waals surface area contributed by atoms with Crippen LogP contribution < -0.4 is 25.3 Å². The third-order valence-corrected chi connectivity index (χ3v) is 4.78. The Hall–Kier alpha value is -3.14. The maximum Gasteiger partial charge on any atom is 0.412 e. The lowest BCUT2D eigenvalue weighted by molar-refractivity contribution is -0.0534. The van der Waals surface area contributed by atoms with Crippen molar-refractivity contribution in [2.75, 3.05) is 19.0 Å². The van der Waals surface area contributed by atoms with E-state index >= 15 is 0 Å². The lowest BCUT2D eigenvalue weighted by Gasteiger charge is -2.28. The van der Waals surface area contributed by atoms with Crippen LogP contribution in [0.4, 0.5) is 19.4 Å². The first-order chi connectivity index (χ1) is 16.1. The van der Waals surface area contributed by atoms with Gasteiger partial charge in [0.25, 0.3) is 0 Å². The maximum absolute atomic E-state index is 13.2. The Morgan fingerprint density at radius 2 is 2.00 bits per heavy atom. The molecule has 3 rings (SSSR count). The molecule has 1 aromatic heterocycles. The minimum absolute atomic E-state index is 0.0822. The number of alkyl halides is 2. The normalized spacial score (nSPS) is 13.5. The molecule has 0 fully saturated rings. The number of benzene rings is 1. The second-order valence-electron chi connectivity index (χ2n) is 8.32. The van der Waals surface area contributed by atoms with Gasteiger partial charge in [-0.2, -0.15) is 8.78 Å². The summed E-state index contributed by atoms with van der Waals surface area (Å²) < 4.78 is 47.4. The second kappa shape index (κ2) is 11.8. The number of halogens is 2. The first-order valence-corrected chi connectivity index (χ1v) is 11.1. The third kappa shape index (κ3) is 6.93. The topological polar surface area (TPSA) is 105 Å². The van der Waals surface area contributed by atoms with Crippen LogP contribution in [0, 0.1) is 5.92 Å². The molecule has 0 aliphatic carbocycles. The average molecular weight is 482 g/mol. The summed E-state index contributed by atoms with van der Waals surface area (Å²) in [5, 5.41) is 2.48.